The van der Waals surface area contributed by atoms with Crippen molar-refractivity contribution in [2.75, 3.05) is 25.5 Å². The number of amides is 1. The maximum atomic E-state index is 13.1. The molecule has 2 aromatic carbocycles. The first-order valence-electron chi connectivity index (χ1n) is 11.7. The van der Waals surface area contributed by atoms with Gasteiger partial charge < -0.3 is 14.8 Å². The van der Waals surface area contributed by atoms with Gasteiger partial charge in [-0.25, -0.2) is 13.4 Å². The van der Waals surface area contributed by atoms with E-state index < -0.39 is 10.0 Å². The van der Waals surface area contributed by atoms with E-state index in [1.54, 1.807) is 17.9 Å². The van der Waals surface area contributed by atoms with Gasteiger partial charge in [-0.05, 0) is 57.2 Å². The molecule has 0 radical (unpaired) electrons. The maximum absolute atomic E-state index is 13.1. The van der Waals surface area contributed by atoms with Crippen molar-refractivity contribution in [3.8, 4) is 10.9 Å². The molecule has 0 spiro atoms. The number of rotatable bonds is 6. The number of nitrogens with one attached hydrogen (secondary N) is 1. The van der Waals surface area contributed by atoms with Crippen LogP contribution in [0.15, 0.2) is 53.4 Å². The van der Waals surface area contributed by atoms with Crippen LogP contribution in [0.3, 0.4) is 0 Å². The molecule has 12 heteroatoms. The molecule has 1 fully saturated rings. The van der Waals surface area contributed by atoms with E-state index in [2.05, 4.69) is 15.4 Å². The van der Waals surface area contributed by atoms with Gasteiger partial charge in [-0.1, -0.05) is 11.3 Å². The van der Waals surface area contributed by atoms with Crippen molar-refractivity contribution in [2.24, 2.45) is 0 Å². The smallest absolute Gasteiger partial charge is 0.256 e. The quantitative estimate of drug-likeness (QED) is 0.394. The molecule has 0 saturated carbocycles. The lowest BCUT2D eigenvalue weighted by atomic mass is 10.2. The molecule has 1 aliphatic rings. The van der Waals surface area contributed by atoms with Crippen LogP contribution in [0.5, 0.6) is 5.75 Å². The molecular formula is C25H27N5O5S2. The van der Waals surface area contributed by atoms with Gasteiger partial charge in [0.25, 0.3) is 5.91 Å². The van der Waals surface area contributed by atoms with Gasteiger partial charge in [0, 0.05) is 30.8 Å². The number of thiazole rings is 1. The lowest BCUT2D eigenvalue weighted by Gasteiger charge is -2.34. The van der Waals surface area contributed by atoms with Crippen LogP contribution in [0.4, 0.5) is 5.82 Å². The number of carbonyl (C=O) groups excluding carboxylic acids is 1. The van der Waals surface area contributed by atoms with E-state index in [-0.39, 0.29) is 36.1 Å². The van der Waals surface area contributed by atoms with Crippen LogP contribution in [-0.2, 0) is 14.8 Å². The Kier molecular flexibility index (Phi) is 6.75. The monoisotopic (exact) mass is 541 g/mol. The van der Waals surface area contributed by atoms with Crippen molar-refractivity contribution in [1.29, 1.82) is 0 Å². The number of sulfonamides is 1. The van der Waals surface area contributed by atoms with E-state index in [4.69, 9.17) is 9.47 Å². The van der Waals surface area contributed by atoms with Crippen molar-refractivity contribution in [3.63, 3.8) is 0 Å². The number of carbonyl (C=O) groups is 1. The summed E-state index contributed by atoms with van der Waals surface area (Å²) in [5.74, 6) is 0.778. The zero-order chi connectivity index (χ0) is 26.3. The summed E-state index contributed by atoms with van der Waals surface area (Å²) in [6, 6.07) is 13.3. The molecule has 0 aliphatic carbocycles. The summed E-state index contributed by atoms with van der Waals surface area (Å²) in [7, 11) is -2.09. The number of nitrogens with zero attached hydrogens (tertiary/aromatic N) is 4. The molecule has 5 rings (SSSR count). The second kappa shape index (κ2) is 9.86. The predicted molar refractivity (Wildman–Crippen MR) is 141 cm³/mol. The molecule has 1 amide bonds. The number of aryl methyl sites for hydroxylation is 1. The van der Waals surface area contributed by atoms with Gasteiger partial charge >= 0.3 is 0 Å². The minimum Gasteiger partial charge on any atom is -0.497 e. The number of benzene rings is 2. The van der Waals surface area contributed by atoms with E-state index in [1.807, 2.05) is 39.0 Å². The zero-order valence-corrected chi connectivity index (χ0v) is 22.5. The number of hydrogen-bond donors (Lipinski definition) is 1. The van der Waals surface area contributed by atoms with Gasteiger partial charge in [-0.2, -0.15) is 14.1 Å². The highest BCUT2D eigenvalue weighted by molar-refractivity contribution is 7.89. The van der Waals surface area contributed by atoms with Crippen molar-refractivity contribution in [1.82, 2.24) is 19.1 Å². The second-order valence-corrected chi connectivity index (χ2v) is 11.9. The van der Waals surface area contributed by atoms with E-state index >= 15 is 0 Å². The highest BCUT2D eigenvalue weighted by Crippen LogP contribution is 2.30. The van der Waals surface area contributed by atoms with E-state index in [0.717, 1.165) is 10.2 Å². The summed E-state index contributed by atoms with van der Waals surface area (Å²) in [5, 5.41) is 7.97. The molecule has 1 N–H and O–H groups in total. The Hall–Kier alpha value is -3.32. The largest absolute Gasteiger partial charge is 0.497 e. The molecule has 1 aliphatic heterocycles. The third-order valence-electron chi connectivity index (χ3n) is 5.98. The van der Waals surface area contributed by atoms with E-state index in [1.165, 1.54) is 39.9 Å². The van der Waals surface area contributed by atoms with Crippen LogP contribution >= 0.6 is 11.3 Å². The third-order valence-corrected chi connectivity index (χ3v) is 8.84. The first kappa shape index (κ1) is 25.3. The van der Waals surface area contributed by atoms with Crippen LogP contribution < -0.4 is 10.1 Å². The molecule has 3 heterocycles. The maximum Gasteiger partial charge on any atom is 0.256 e. The van der Waals surface area contributed by atoms with Crippen molar-refractivity contribution < 1.29 is 22.7 Å². The van der Waals surface area contributed by atoms with Gasteiger partial charge in [-0.15, -0.1) is 0 Å². The topological polar surface area (TPSA) is 116 Å². The first-order chi connectivity index (χ1) is 17.6. The minimum atomic E-state index is -3.69. The standard InChI is InChI=1S/C25H27N5O5S2/c1-15-11-23(30(28-15)25-26-21-12-19(34-4)7-10-22(21)36-25)27-24(31)18-5-8-20(9-6-18)37(32,33)29-13-16(2)35-17(3)14-29/h5-12,16-17H,13-14H2,1-4H3,(H,27,31). The Morgan fingerprint density at radius 1 is 1.11 bits per heavy atom. The van der Waals surface area contributed by atoms with Gasteiger partial charge in [0.05, 0.1) is 40.1 Å². The summed E-state index contributed by atoms with van der Waals surface area (Å²) in [4.78, 5) is 17.8. The summed E-state index contributed by atoms with van der Waals surface area (Å²) >= 11 is 1.44. The number of hydrogen-bond acceptors (Lipinski definition) is 8. The van der Waals surface area contributed by atoms with E-state index in [0.29, 0.717) is 28.0 Å². The average molecular weight is 542 g/mol. The number of methoxy groups -OCH3 is 1. The Morgan fingerprint density at radius 2 is 1.81 bits per heavy atom. The molecule has 0 bridgehead atoms. The SMILES string of the molecule is COc1ccc2sc(-n3nc(C)cc3NC(=O)c3ccc(S(=O)(=O)N4CC(C)OC(C)C4)cc3)nc2c1. The van der Waals surface area contributed by atoms with Gasteiger partial charge in [0.1, 0.15) is 11.6 Å². The Balaban J connectivity index is 1.36. The Labute approximate surface area is 218 Å². The van der Waals surface area contributed by atoms with Gasteiger partial charge in [0.15, 0.2) is 0 Å². The third kappa shape index (κ3) is 5.10. The van der Waals surface area contributed by atoms with Crippen LogP contribution in [0.1, 0.15) is 29.9 Å². The molecule has 2 unspecified atom stereocenters. The number of aromatic nitrogens is 3. The fourth-order valence-corrected chi connectivity index (χ4v) is 6.79. The molecule has 194 valence electrons. The molecule has 2 atom stereocenters. The predicted octanol–water partition coefficient (Wildman–Crippen LogP) is 3.85. The zero-order valence-electron chi connectivity index (χ0n) is 20.8. The fraction of sp³-hybridized carbons (Fsp3) is 0.320. The molecule has 4 aromatic rings. The minimum absolute atomic E-state index is 0.135. The van der Waals surface area contributed by atoms with Crippen molar-refractivity contribution in [2.45, 2.75) is 37.9 Å². The first-order valence-corrected chi connectivity index (χ1v) is 14.0. The number of anilines is 1. The van der Waals surface area contributed by atoms with E-state index in [9.17, 15) is 13.2 Å². The summed E-state index contributed by atoms with van der Waals surface area (Å²) in [5.41, 5.74) is 1.80. The molecular weight excluding hydrogens is 514 g/mol. The molecule has 2 aromatic heterocycles. The van der Waals surface area contributed by atoms with Crippen molar-refractivity contribution >= 4 is 43.3 Å². The van der Waals surface area contributed by atoms with Gasteiger partial charge in [0.2, 0.25) is 15.2 Å². The lowest BCUT2D eigenvalue weighted by molar-refractivity contribution is -0.0440. The van der Waals surface area contributed by atoms with Crippen LogP contribution in [0, 0.1) is 6.92 Å². The summed E-state index contributed by atoms with van der Waals surface area (Å²) in [6.45, 7) is 6.11. The highest BCUT2D eigenvalue weighted by Gasteiger charge is 2.32. The Morgan fingerprint density at radius 3 is 2.49 bits per heavy atom. The van der Waals surface area contributed by atoms with Crippen LogP contribution in [-0.4, -0.2) is 65.8 Å². The summed E-state index contributed by atoms with van der Waals surface area (Å²) < 4.78 is 41.1. The second-order valence-electron chi connectivity index (χ2n) is 8.97. The Bertz CT molecular complexity index is 1550. The molecule has 1 saturated heterocycles. The molecule has 37 heavy (non-hydrogen) atoms. The highest BCUT2D eigenvalue weighted by atomic mass is 32.2. The fourth-order valence-electron chi connectivity index (χ4n) is 4.29. The van der Waals surface area contributed by atoms with Crippen LogP contribution in [0.2, 0.25) is 0 Å². The number of ether oxygens (including phenoxy) is 2. The lowest BCUT2D eigenvalue weighted by Crippen LogP contribution is -2.48. The molecule has 10 nitrogen and oxygen atoms in total. The number of fused-ring (bicyclic) bond motifs is 1. The van der Waals surface area contributed by atoms with Crippen molar-refractivity contribution in [3.05, 3.63) is 59.8 Å². The summed E-state index contributed by atoms with van der Waals surface area (Å²) in [6.07, 6.45) is -0.372. The van der Waals surface area contributed by atoms with Crippen LogP contribution in [0.25, 0.3) is 15.3 Å². The number of morpholine rings is 1. The average Bonchev–Trinajstić information content (AvgIpc) is 3.45. The van der Waals surface area contributed by atoms with Gasteiger partial charge in [-0.3, -0.25) is 4.79 Å². The normalized spacial score (nSPS) is 18.7.